The Balaban J connectivity index is 1.49. The van der Waals surface area contributed by atoms with Crippen LogP contribution in [0.1, 0.15) is 37.7 Å². The highest BCUT2D eigenvalue weighted by Crippen LogP contribution is 2.54. The lowest BCUT2D eigenvalue weighted by Crippen LogP contribution is -2.38. The molecular formula is C19H25BrN4O2. The van der Waals surface area contributed by atoms with Crippen LogP contribution < -0.4 is 16.0 Å². The Bertz CT molecular complexity index is 723. The lowest BCUT2D eigenvalue weighted by molar-refractivity contribution is -0.121. The number of fused-ring (bicyclic) bond motifs is 1. The maximum absolute atomic E-state index is 12.6. The predicted molar refractivity (Wildman–Crippen MR) is 105 cm³/mol. The third-order valence-electron chi connectivity index (χ3n) is 5.27. The molecule has 7 heteroatoms. The Labute approximate surface area is 162 Å². The average Bonchev–Trinajstić information content (AvgIpc) is 3.17. The number of halogens is 1. The first-order valence-corrected chi connectivity index (χ1v) is 9.80. The molecule has 1 aliphatic heterocycles. The van der Waals surface area contributed by atoms with Gasteiger partial charge in [0.05, 0.1) is 6.04 Å². The fraction of sp³-hybridized carbons (Fsp3) is 0.526. The quantitative estimate of drug-likeness (QED) is 0.343. The van der Waals surface area contributed by atoms with Crippen molar-refractivity contribution in [2.45, 2.75) is 51.1 Å². The highest BCUT2D eigenvalue weighted by atomic mass is 79.9. The Kier molecular flexibility index (Phi) is 5.77. The monoisotopic (exact) mass is 420 g/mol. The van der Waals surface area contributed by atoms with Crippen molar-refractivity contribution < 1.29 is 9.59 Å². The zero-order chi connectivity index (χ0) is 18.7. The van der Waals surface area contributed by atoms with E-state index in [4.69, 9.17) is 0 Å². The summed E-state index contributed by atoms with van der Waals surface area (Å²) in [6.07, 6.45) is 5.79. The van der Waals surface area contributed by atoms with Crippen molar-refractivity contribution in [2.75, 3.05) is 11.9 Å². The van der Waals surface area contributed by atoms with Crippen molar-refractivity contribution in [3.8, 4) is 0 Å². The Morgan fingerprint density at radius 2 is 2.27 bits per heavy atom. The lowest BCUT2D eigenvalue weighted by Gasteiger charge is -2.17. The predicted octanol–water partition coefficient (Wildman–Crippen LogP) is 2.68. The number of allylic oxidation sites excluding steroid dienone is 1. The molecule has 0 bridgehead atoms. The molecule has 0 spiro atoms. The summed E-state index contributed by atoms with van der Waals surface area (Å²) in [6.45, 7) is 6.21. The maximum Gasteiger partial charge on any atom is 0.242 e. The van der Waals surface area contributed by atoms with Crippen LogP contribution in [0.3, 0.4) is 0 Å². The fourth-order valence-corrected chi connectivity index (χ4v) is 3.87. The van der Waals surface area contributed by atoms with E-state index in [9.17, 15) is 9.59 Å². The number of aryl methyl sites for hydroxylation is 1. The number of rotatable bonds is 8. The Morgan fingerprint density at radius 3 is 3.04 bits per heavy atom. The SMILES string of the molecule is C=CCCCC(=O)NC[C@@]12C[C@@H](C(=O)Nc3nc(Br)ccc3C)N[C@@H]1C2. The standard InChI is InChI=1S/C19H25BrN4O2/c1-3-4-5-6-16(25)21-11-19-9-13(22-14(19)10-19)18(26)24-17-12(2)7-8-15(20)23-17/h3,7-8,13-14,22H,1,4-6,9-11H2,2H3,(H,21,25)(H,23,24,26)/t13-,14+,19-/m0/s1. The number of aromatic nitrogens is 1. The number of pyridine rings is 1. The summed E-state index contributed by atoms with van der Waals surface area (Å²) in [5.41, 5.74) is 0.946. The second kappa shape index (κ2) is 7.88. The van der Waals surface area contributed by atoms with Crippen LogP contribution >= 0.6 is 15.9 Å². The number of unbranched alkanes of at least 4 members (excludes halogenated alkanes) is 1. The van der Waals surface area contributed by atoms with Crippen molar-refractivity contribution in [2.24, 2.45) is 5.41 Å². The highest BCUT2D eigenvalue weighted by molar-refractivity contribution is 9.10. The molecule has 2 fully saturated rings. The maximum atomic E-state index is 12.6. The largest absolute Gasteiger partial charge is 0.355 e. The summed E-state index contributed by atoms with van der Waals surface area (Å²) in [5.74, 6) is 0.590. The van der Waals surface area contributed by atoms with Gasteiger partial charge in [-0.3, -0.25) is 9.59 Å². The minimum atomic E-state index is -0.244. The van der Waals surface area contributed by atoms with Crippen LogP contribution in [-0.4, -0.2) is 35.4 Å². The first kappa shape index (κ1) is 19.0. The number of piperidine rings is 1. The highest BCUT2D eigenvalue weighted by Gasteiger charge is 2.61. The minimum Gasteiger partial charge on any atom is -0.355 e. The van der Waals surface area contributed by atoms with E-state index in [0.717, 1.165) is 31.2 Å². The van der Waals surface area contributed by atoms with Gasteiger partial charge in [0.25, 0.3) is 0 Å². The van der Waals surface area contributed by atoms with E-state index in [0.29, 0.717) is 29.4 Å². The van der Waals surface area contributed by atoms with E-state index >= 15 is 0 Å². The van der Waals surface area contributed by atoms with Crippen LogP contribution in [0.25, 0.3) is 0 Å². The third-order valence-corrected chi connectivity index (χ3v) is 5.72. The van der Waals surface area contributed by atoms with Crippen LogP contribution in [-0.2, 0) is 9.59 Å². The van der Waals surface area contributed by atoms with Gasteiger partial charge < -0.3 is 16.0 Å². The third kappa shape index (κ3) is 4.32. The summed E-state index contributed by atoms with van der Waals surface area (Å²) in [4.78, 5) is 28.8. The molecular weight excluding hydrogens is 396 g/mol. The zero-order valence-corrected chi connectivity index (χ0v) is 16.6. The summed E-state index contributed by atoms with van der Waals surface area (Å²) in [5, 5.41) is 9.32. The first-order chi connectivity index (χ1) is 12.4. The molecule has 3 N–H and O–H groups in total. The minimum absolute atomic E-state index is 0.0237. The number of anilines is 1. The van der Waals surface area contributed by atoms with Crippen LogP contribution in [0.4, 0.5) is 5.82 Å². The van der Waals surface area contributed by atoms with Gasteiger partial charge in [-0.05, 0) is 60.2 Å². The second-order valence-electron chi connectivity index (χ2n) is 7.29. The molecule has 2 heterocycles. The van der Waals surface area contributed by atoms with Gasteiger partial charge in [-0.25, -0.2) is 4.98 Å². The van der Waals surface area contributed by atoms with Crippen LogP contribution in [0, 0.1) is 12.3 Å². The molecule has 6 nitrogen and oxygen atoms in total. The van der Waals surface area contributed by atoms with E-state index in [1.807, 2.05) is 25.1 Å². The van der Waals surface area contributed by atoms with Gasteiger partial charge in [0.2, 0.25) is 11.8 Å². The molecule has 26 heavy (non-hydrogen) atoms. The number of carbonyl (C=O) groups excluding carboxylic acids is 2. The van der Waals surface area contributed by atoms with Crippen molar-refractivity contribution in [1.82, 2.24) is 15.6 Å². The van der Waals surface area contributed by atoms with Gasteiger partial charge in [-0.15, -0.1) is 6.58 Å². The Hall–Kier alpha value is -1.73. The zero-order valence-electron chi connectivity index (χ0n) is 15.0. The van der Waals surface area contributed by atoms with E-state index < -0.39 is 0 Å². The fourth-order valence-electron chi connectivity index (χ4n) is 3.56. The number of amides is 2. The van der Waals surface area contributed by atoms with E-state index in [1.165, 1.54) is 0 Å². The van der Waals surface area contributed by atoms with Crippen molar-refractivity contribution in [3.05, 3.63) is 35.0 Å². The Morgan fingerprint density at radius 1 is 1.46 bits per heavy atom. The second-order valence-corrected chi connectivity index (χ2v) is 8.10. The van der Waals surface area contributed by atoms with Gasteiger partial charge in [0.1, 0.15) is 10.4 Å². The summed E-state index contributed by atoms with van der Waals surface area (Å²) >= 11 is 3.33. The van der Waals surface area contributed by atoms with Crippen molar-refractivity contribution in [1.29, 1.82) is 0 Å². The molecule has 1 aromatic rings. The lowest BCUT2D eigenvalue weighted by atomic mass is 9.99. The normalized spacial score (nSPS) is 26.1. The number of hydrogen-bond acceptors (Lipinski definition) is 4. The molecule has 1 aliphatic carbocycles. The number of nitrogens with zero attached hydrogens (tertiary/aromatic N) is 1. The van der Waals surface area contributed by atoms with Crippen LogP contribution in [0.5, 0.6) is 0 Å². The van der Waals surface area contributed by atoms with Gasteiger partial charge in [-0.2, -0.15) is 0 Å². The summed E-state index contributed by atoms with van der Waals surface area (Å²) in [7, 11) is 0. The number of hydrogen-bond donors (Lipinski definition) is 3. The van der Waals surface area contributed by atoms with Crippen LogP contribution in [0.2, 0.25) is 0 Å². The van der Waals surface area contributed by atoms with Crippen molar-refractivity contribution in [3.63, 3.8) is 0 Å². The van der Waals surface area contributed by atoms with E-state index in [1.54, 1.807) is 0 Å². The van der Waals surface area contributed by atoms with Gasteiger partial charge in [0.15, 0.2) is 0 Å². The summed E-state index contributed by atoms with van der Waals surface area (Å²) in [6, 6.07) is 3.82. The smallest absolute Gasteiger partial charge is 0.242 e. The van der Waals surface area contributed by atoms with Gasteiger partial charge in [-0.1, -0.05) is 12.1 Å². The molecule has 3 atom stereocenters. The van der Waals surface area contributed by atoms with E-state index in [2.05, 4.69) is 43.4 Å². The topological polar surface area (TPSA) is 83.1 Å². The molecule has 1 saturated carbocycles. The molecule has 1 saturated heterocycles. The molecule has 2 amide bonds. The number of carbonyl (C=O) groups is 2. The van der Waals surface area contributed by atoms with Gasteiger partial charge >= 0.3 is 0 Å². The summed E-state index contributed by atoms with van der Waals surface area (Å²) < 4.78 is 0.691. The molecule has 2 aliphatic rings. The van der Waals surface area contributed by atoms with Gasteiger partial charge in [0, 0.05) is 24.4 Å². The molecule has 0 unspecified atom stereocenters. The first-order valence-electron chi connectivity index (χ1n) is 9.01. The number of nitrogens with one attached hydrogen (secondary N) is 3. The van der Waals surface area contributed by atoms with Crippen molar-refractivity contribution >= 4 is 33.6 Å². The van der Waals surface area contributed by atoms with Crippen LogP contribution in [0.15, 0.2) is 29.4 Å². The molecule has 1 aromatic heterocycles. The molecule has 0 radical (unpaired) electrons. The molecule has 140 valence electrons. The average molecular weight is 421 g/mol. The molecule has 3 rings (SSSR count). The molecule has 0 aromatic carbocycles. The van der Waals surface area contributed by atoms with E-state index in [-0.39, 0.29) is 23.3 Å².